The summed E-state index contributed by atoms with van der Waals surface area (Å²) in [7, 11) is 0. The number of carbonyl (C=O) groups is 2. The van der Waals surface area contributed by atoms with Gasteiger partial charge in [0.25, 0.3) is 5.91 Å². The van der Waals surface area contributed by atoms with Crippen molar-refractivity contribution in [1.29, 1.82) is 0 Å². The number of hydrogen-bond donors (Lipinski definition) is 0. The van der Waals surface area contributed by atoms with Crippen molar-refractivity contribution in [2.24, 2.45) is 0 Å². The molecule has 0 N–H and O–H groups in total. The van der Waals surface area contributed by atoms with E-state index in [1.165, 1.54) is 16.0 Å². The highest BCUT2D eigenvalue weighted by Gasteiger charge is 2.30. The molecule has 1 aromatic heterocycles. The molecule has 2 aliphatic rings. The van der Waals surface area contributed by atoms with E-state index in [-0.39, 0.29) is 17.9 Å². The molecule has 0 bridgehead atoms. The smallest absolute Gasteiger partial charge is 0.255 e. The minimum Gasteiger partial charge on any atom is -0.341 e. The van der Waals surface area contributed by atoms with E-state index >= 15 is 0 Å². The molecule has 8 heteroatoms. The number of amides is 2. The van der Waals surface area contributed by atoms with Crippen molar-refractivity contribution in [3.05, 3.63) is 91.6 Å². The Labute approximate surface area is 226 Å². The fraction of sp³-hybridized carbons (Fsp3) is 0.357. The van der Waals surface area contributed by atoms with Crippen molar-refractivity contribution in [3.8, 4) is 0 Å². The molecule has 2 amide bonds. The van der Waals surface area contributed by atoms with E-state index in [0.29, 0.717) is 54.8 Å². The lowest BCUT2D eigenvalue weighted by Crippen LogP contribution is -2.40. The highest BCUT2D eigenvalue weighted by molar-refractivity contribution is 7.10. The summed E-state index contributed by atoms with van der Waals surface area (Å²) in [4.78, 5) is 33.9. The largest absolute Gasteiger partial charge is 0.341 e. The Morgan fingerprint density at radius 1 is 0.917 bits per heavy atom. The molecule has 0 spiro atoms. The first-order valence-electron chi connectivity index (χ1n) is 12.4. The molecule has 5 nitrogen and oxygen atoms in total. The number of benzene rings is 2. The van der Waals surface area contributed by atoms with E-state index in [9.17, 15) is 9.59 Å². The topological polar surface area (TPSA) is 43.9 Å². The molecule has 5 rings (SSSR count). The van der Waals surface area contributed by atoms with Crippen LogP contribution in [0.5, 0.6) is 0 Å². The van der Waals surface area contributed by atoms with Crippen LogP contribution >= 0.6 is 34.5 Å². The molecular weight excluding hydrogens is 513 g/mol. The summed E-state index contributed by atoms with van der Waals surface area (Å²) < 4.78 is 0. The molecule has 2 aromatic carbocycles. The van der Waals surface area contributed by atoms with Crippen LogP contribution < -0.4 is 0 Å². The van der Waals surface area contributed by atoms with E-state index in [0.717, 1.165) is 19.4 Å². The molecule has 2 aliphatic heterocycles. The molecule has 0 aliphatic carbocycles. The summed E-state index contributed by atoms with van der Waals surface area (Å²) >= 11 is 14.1. The van der Waals surface area contributed by atoms with E-state index in [1.807, 2.05) is 22.3 Å². The van der Waals surface area contributed by atoms with Crippen LogP contribution in [0.1, 0.15) is 45.2 Å². The van der Waals surface area contributed by atoms with Gasteiger partial charge in [-0.05, 0) is 53.6 Å². The number of rotatable bonds is 5. The van der Waals surface area contributed by atoms with Crippen LogP contribution in [0.3, 0.4) is 0 Å². The summed E-state index contributed by atoms with van der Waals surface area (Å²) in [6, 6.07) is 17.9. The maximum Gasteiger partial charge on any atom is 0.255 e. The zero-order valence-corrected chi connectivity index (χ0v) is 22.4. The first-order chi connectivity index (χ1) is 17.5. The van der Waals surface area contributed by atoms with Crippen molar-refractivity contribution in [3.63, 3.8) is 0 Å². The lowest BCUT2D eigenvalue weighted by Gasteiger charge is -2.36. The summed E-state index contributed by atoms with van der Waals surface area (Å²) in [6.45, 7) is 3.96. The van der Waals surface area contributed by atoms with Gasteiger partial charge in [0.1, 0.15) is 0 Å². The quantitative estimate of drug-likeness (QED) is 0.412. The van der Waals surface area contributed by atoms with Crippen molar-refractivity contribution in [2.75, 3.05) is 39.3 Å². The van der Waals surface area contributed by atoms with Crippen LogP contribution in [0.25, 0.3) is 0 Å². The fourth-order valence-electron chi connectivity index (χ4n) is 5.24. The third-order valence-electron chi connectivity index (χ3n) is 7.09. The van der Waals surface area contributed by atoms with E-state index in [2.05, 4.69) is 40.6 Å². The summed E-state index contributed by atoms with van der Waals surface area (Å²) in [5.74, 6) is 0.0355. The molecule has 1 unspecified atom stereocenters. The van der Waals surface area contributed by atoms with Crippen LogP contribution in [-0.2, 0) is 11.2 Å². The summed E-state index contributed by atoms with van der Waals surface area (Å²) in [5.41, 5.74) is 3.09. The van der Waals surface area contributed by atoms with Gasteiger partial charge in [-0.25, -0.2) is 0 Å². The van der Waals surface area contributed by atoms with Crippen molar-refractivity contribution in [1.82, 2.24) is 14.7 Å². The average Bonchev–Trinajstić information content (AvgIpc) is 3.22. The first-order valence-corrected chi connectivity index (χ1v) is 14.0. The van der Waals surface area contributed by atoms with Gasteiger partial charge in [0, 0.05) is 55.6 Å². The minimum absolute atomic E-state index is 0.114. The van der Waals surface area contributed by atoms with Gasteiger partial charge < -0.3 is 9.80 Å². The number of carbonyl (C=O) groups excluding carboxylic acids is 2. The fourth-order valence-corrected chi connectivity index (χ4v) is 6.63. The molecule has 1 saturated heterocycles. The minimum atomic E-state index is -0.114. The van der Waals surface area contributed by atoms with Gasteiger partial charge in [-0.15, -0.1) is 11.3 Å². The Morgan fingerprint density at radius 2 is 1.69 bits per heavy atom. The highest BCUT2D eigenvalue weighted by atomic mass is 35.5. The highest BCUT2D eigenvalue weighted by Crippen LogP contribution is 2.37. The molecule has 0 radical (unpaired) electrons. The second-order valence-corrected chi connectivity index (χ2v) is 11.1. The normalized spacial score (nSPS) is 18.6. The molecule has 1 atom stereocenters. The Kier molecular flexibility index (Phi) is 7.96. The number of halogens is 2. The van der Waals surface area contributed by atoms with Crippen LogP contribution in [0, 0.1) is 0 Å². The predicted octanol–water partition coefficient (Wildman–Crippen LogP) is 5.77. The molecule has 0 saturated carbocycles. The number of nitrogens with zero attached hydrogens (tertiary/aromatic N) is 3. The lowest BCUT2D eigenvalue weighted by molar-refractivity contribution is -0.131. The molecule has 36 heavy (non-hydrogen) atoms. The van der Waals surface area contributed by atoms with Gasteiger partial charge in [0.15, 0.2) is 0 Å². The van der Waals surface area contributed by atoms with Crippen LogP contribution in [0.2, 0.25) is 10.0 Å². The number of hydrogen-bond acceptors (Lipinski definition) is 4. The van der Waals surface area contributed by atoms with Gasteiger partial charge in [0.05, 0.1) is 16.6 Å². The lowest BCUT2D eigenvalue weighted by atomic mass is 9.93. The molecule has 3 aromatic rings. The zero-order valence-electron chi connectivity index (χ0n) is 20.0. The Hall–Kier alpha value is -2.38. The van der Waals surface area contributed by atoms with E-state index in [1.54, 1.807) is 23.1 Å². The van der Waals surface area contributed by atoms with Crippen LogP contribution in [-0.4, -0.2) is 65.8 Å². The first kappa shape index (κ1) is 25.3. The summed E-state index contributed by atoms with van der Waals surface area (Å²) in [5, 5.41) is 3.03. The zero-order chi connectivity index (χ0) is 25.1. The third-order valence-corrected chi connectivity index (χ3v) is 8.64. The van der Waals surface area contributed by atoms with Gasteiger partial charge in [-0.1, -0.05) is 53.5 Å². The van der Waals surface area contributed by atoms with Crippen LogP contribution in [0.4, 0.5) is 0 Å². The maximum absolute atomic E-state index is 13.2. The Bertz CT molecular complexity index is 1230. The van der Waals surface area contributed by atoms with Crippen molar-refractivity contribution in [2.45, 2.75) is 25.3 Å². The SMILES string of the molecule is O=C(CCN1CCc2sccc2C1c1ccccc1)N1CCCN(C(=O)c2ccc(Cl)cc2Cl)CC1. The standard InChI is InChI=1S/C28H29Cl2N3O2S/c29-21-7-8-22(24(30)19-21)28(35)33-13-4-12-31(16-17-33)26(34)10-15-32-14-9-25-23(11-18-36-25)27(32)20-5-2-1-3-6-20/h1-3,5-8,11,18-19,27H,4,9-10,12-17H2. The monoisotopic (exact) mass is 541 g/mol. The average molecular weight is 543 g/mol. The second-order valence-electron chi connectivity index (χ2n) is 9.30. The van der Waals surface area contributed by atoms with Crippen molar-refractivity contribution < 1.29 is 9.59 Å². The van der Waals surface area contributed by atoms with Crippen molar-refractivity contribution >= 4 is 46.4 Å². The van der Waals surface area contributed by atoms with Gasteiger partial charge in [0.2, 0.25) is 5.91 Å². The Balaban J connectivity index is 1.21. The molecule has 1 fully saturated rings. The third kappa shape index (κ3) is 5.47. The molecule has 3 heterocycles. The molecule has 188 valence electrons. The second kappa shape index (κ2) is 11.3. The van der Waals surface area contributed by atoms with Gasteiger partial charge in [-0.3, -0.25) is 14.5 Å². The van der Waals surface area contributed by atoms with E-state index in [4.69, 9.17) is 23.2 Å². The maximum atomic E-state index is 13.2. The van der Waals surface area contributed by atoms with Gasteiger partial charge >= 0.3 is 0 Å². The predicted molar refractivity (Wildman–Crippen MR) is 146 cm³/mol. The molecular formula is C28H29Cl2N3O2S. The summed E-state index contributed by atoms with van der Waals surface area (Å²) in [6.07, 6.45) is 2.25. The van der Waals surface area contributed by atoms with Crippen LogP contribution in [0.15, 0.2) is 60.0 Å². The number of thiophene rings is 1. The number of fused-ring (bicyclic) bond motifs is 1. The Morgan fingerprint density at radius 3 is 2.50 bits per heavy atom. The van der Waals surface area contributed by atoms with E-state index < -0.39 is 0 Å². The van der Waals surface area contributed by atoms with Gasteiger partial charge in [-0.2, -0.15) is 0 Å².